The van der Waals surface area contributed by atoms with E-state index in [-0.39, 0.29) is 5.57 Å². The number of carbonyl (C=O) groups is 1. The molecule has 25 heavy (non-hydrogen) atoms. The maximum Gasteiger partial charge on any atom is 0.252 e. The largest absolute Gasteiger partial charge is 0.404 e. The molecule has 0 bridgehead atoms. The molecule has 5 nitrogen and oxygen atoms in total. The summed E-state index contributed by atoms with van der Waals surface area (Å²) in [6, 6.07) is 17.6. The fraction of sp³-hybridized carbons (Fsp3) is 0.0500. The Kier molecular flexibility index (Phi) is 4.57. The van der Waals surface area contributed by atoms with Gasteiger partial charge in [-0.1, -0.05) is 30.3 Å². The fourth-order valence-corrected chi connectivity index (χ4v) is 2.69. The van der Waals surface area contributed by atoms with Gasteiger partial charge < -0.3 is 11.5 Å². The Bertz CT molecular complexity index is 963. The van der Waals surface area contributed by atoms with E-state index in [0.29, 0.717) is 5.69 Å². The van der Waals surface area contributed by atoms with Crippen molar-refractivity contribution < 1.29 is 4.79 Å². The van der Waals surface area contributed by atoms with Crippen molar-refractivity contribution in [3.63, 3.8) is 0 Å². The summed E-state index contributed by atoms with van der Waals surface area (Å²) in [5.74, 6) is -0.610. The van der Waals surface area contributed by atoms with Gasteiger partial charge in [0, 0.05) is 23.7 Å². The number of hydrogen-bond donors (Lipinski definition) is 2. The van der Waals surface area contributed by atoms with Crippen LogP contribution in [0.5, 0.6) is 0 Å². The smallest absolute Gasteiger partial charge is 0.252 e. The predicted molar refractivity (Wildman–Crippen MR) is 99.0 cm³/mol. The van der Waals surface area contributed by atoms with Crippen LogP contribution in [-0.4, -0.2) is 15.9 Å². The van der Waals surface area contributed by atoms with E-state index < -0.39 is 5.91 Å². The summed E-state index contributed by atoms with van der Waals surface area (Å²) in [5.41, 5.74) is 16.3. The lowest BCUT2D eigenvalue weighted by molar-refractivity contribution is -0.112. The molecule has 0 aliphatic rings. The summed E-state index contributed by atoms with van der Waals surface area (Å²) in [6.45, 7) is 1.96. The molecule has 2 aromatic heterocycles. The zero-order valence-corrected chi connectivity index (χ0v) is 13.8. The topological polar surface area (TPSA) is 94.9 Å². The van der Waals surface area contributed by atoms with Gasteiger partial charge in [0.1, 0.15) is 0 Å². The minimum absolute atomic E-state index is 0.188. The first kappa shape index (κ1) is 16.4. The van der Waals surface area contributed by atoms with Gasteiger partial charge in [0.15, 0.2) is 0 Å². The number of rotatable bonds is 4. The molecule has 0 radical (unpaired) electrons. The number of carbonyl (C=O) groups excluding carboxylic acids is 1. The predicted octanol–water partition coefficient (Wildman–Crippen LogP) is 2.90. The first-order chi connectivity index (χ1) is 12.1. The van der Waals surface area contributed by atoms with Crippen molar-refractivity contribution in [2.45, 2.75) is 6.92 Å². The van der Waals surface area contributed by atoms with Gasteiger partial charge in [-0.3, -0.25) is 14.8 Å². The van der Waals surface area contributed by atoms with Crippen LogP contribution in [0.15, 0.2) is 67.0 Å². The molecule has 1 aromatic carbocycles. The summed E-state index contributed by atoms with van der Waals surface area (Å²) < 4.78 is 0. The SMILES string of the molecule is Cc1cccc(-c2ccccc2-c2ccnc(C(=CN)C(N)=O)c2)n1. The van der Waals surface area contributed by atoms with Crippen LogP contribution < -0.4 is 11.5 Å². The molecule has 0 fully saturated rings. The van der Waals surface area contributed by atoms with Gasteiger partial charge in [0.2, 0.25) is 0 Å². The lowest BCUT2D eigenvalue weighted by Gasteiger charge is -2.11. The standard InChI is InChI=1S/C20H18N4O/c1-13-5-4-8-18(24-13)16-7-3-2-6-15(16)14-9-10-23-19(11-14)17(12-21)20(22)25/h2-12H,21H2,1H3,(H2,22,25). The molecule has 1 amide bonds. The molecule has 0 aliphatic heterocycles. The van der Waals surface area contributed by atoms with Crippen LogP contribution in [0.4, 0.5) is 0 Å². The second-order valence-corrected chi connectivity index (χ2v) is 5.58. The maximum absolute atomic E-state index is 11.5. The Balaban J connectivity index is 2.14. The van der Waals surface area contributed by atoms with Crippen molar-refractivity contribution >= 4 is 11.5 Å². The zero-order valence-electron chi connectivity index (χ0n) is 13.8. The van der Waals surface area contributed by atoms with E-state index in [1.54, 1.807) is 12.3 Å². The minimum Gasteiger partial charge on any atom is -0.404 e. The highest BCUT2D eigenvalue weighted by molar-refractivity contribution is 6.18. The van der Waals surface area contributed by atoms with Gasteiger partial charge in [-0.05, 0) is 42.3 Å². The van der Waals surface area contributed by atoms with E-state index >= 15 is 0 Å². The number of aryl methyl sites for hydroxylation is 1. The second-order valence-electron chi connectivity index (χ2n) is 5.58. The summed E-state index contributed by atoms with van der Waals surface area (Å²) in [5, 5.41) is 0. The molecule has 0 atom stereocenters. The molecule has 124 valence electrons. The highest BCUT2D eigenvalue weighted by Crippen LogP contribution is 2.31. The Labute approximate surface area is 146 Å². The van der Waals surface area contributed by atoms with E-state index in [1.165, 1.54) is 6.20 Å². The van der Waals surface area contributed by atoms with Crippen LogP contribution in [0.2, 0.25) is 0 Å². The third-order valence-electron chi connectivity index (χ3n) is 3.87. The van der Waals surface area contributed by atoms with Gasteiger partial charge in [0.05, 0.1) is 17.0 Å². The van der Waals surface area contributed by atoms with E-state index in [9.17, 15) is 4.79 Å². The number of hydrogen-bond acceptors (Lipinski definition) is 4. The number of amides is 1. The third-order valence-corrected chi connectivity index (χ3v) is 3.87. The van der Waals surface area contributed by atoms with Crippen molar-refractivity contribution in [1.82, 2.24) is 9.97 Å². The summed E-state index contributed by atoms with van der Waals surface area (Å²) in [7, 11) is 0. The van der Waals surface area contributed by atoms with Crippen LogP contribution >= 0.6 is 0 Å². The van der Waals surface area contributed by atoms with Gasteiger partial charge in [-0.2, -0.15) is 0 Å². The van der Waals surface area contributed by atoms with Crippen molar-refractivity contribution in [2.24, 2.45) is 11.5 Å². The second kappa shape index (κ2) is 6.97. The summed E-state index contributed by atoms with van der Waals surface area (Å²) in [4.78, 5) is 20.3. The van der Waals surface area contributed by atoms with Crippen molar-refractivity contribution in [1.29, 1.82) is 0 Å². The zero-order chi connectivity index (χ0) is 17.8. The molecule has 3 aromatic rings. The first-order valence-electron chi connectivity index (χ1n) is 7.81. The molecule has 0 aliphatic carbocycles. The Morgan fingerprint density at radius 2 is 1.80 bits per heavy atom. The molecule has 0 spiro atoms. The quantitative estimate of drug-likeness (QED) is 0.719. The lowest BCUT2D eigenvalue weighted by atomic mass is 9.96. The number of nitrogens with two attached hydrogens (primary N) is 2. The average molecular weight is 330 g/mol. The van der Waals surface area contributed by atoms with E-state index in [0.717, 1.165) is 28.1 Å². The van der Waals surface area contributed by atoms with E-state index in [1.807, 2.05) is 55.5 Å². The molecule has 0 saturated carbocycles. The van der Waals surface area contributed by atoms with Crippen LogP contribution in [0.1, 0.15) is 11.4 Å². The van der Waals surface area contributed by atoms with Crippen molar-refractivity contribution in [3.05, 3.63) is 78.4 Å². The van der Waals surface area contributed by atoms with Crippen LogP contribution in [-0.2, 0) is 4.79 Å². The molecular weight excluding hydrogens is 312 g/mol. The number of primary amides is 1. The Morgan fingerprint density at radius 3 is 2.48 bits per heavy atom. The maximum atomic E-state index is 11.5. The number of benzene rings is 1. The average Bonchev–Trinajstić information content (AvgIpc) is 2.62. The van der Waals surface area contributed by atoms with Gasteiger partial charge in [-0.25, -0.2) is 0 Å². The first-order valence-corrected chi connectivity index (χ1v) is 7.81. The highest BCUT2D eigenvalue weighted by atomic mass is 16.1. The summed E-state index contributed by atoms with van der Waals surface area (Å²) >= 11 is 0. The van der Waals surface area contributed by atoms with Crippen LogP contribution in [0.3, 0.4) is 0 Å². The minimum atomic E-state index is -0.610. The van der Waals surface area contributed by atoms with Gasteiger partial charge in [0.25, 0.3) is 5.91 Å². The molecule has 4 N–H and O–H groups in total. The highest BCUT2D eigenvalue weighted by Gasteiger charge is 2.13. The fourth-order valence-electron chi connectivity index (χ4n) is 2.69. The Morgan fingerprint density at radius 1 is 1.04 bits per heavy atom. The van der Waals surface area contributed by atoms with Gasteiger partial charge >= 0.3 is 0 Å². The number of nitrogens with zero attached hydrogens (tertiary/aromatic N) is 2. The lowest BCUT2D eigenvalue weighted by Crippen LogP contribution is -2.15. The monoisotopic (exact) mass is 330 g/mol. The third kappa shape index (κ3) is 3.40. The molecule has 3 rings (SSSR count). The summed E-state index contributed by atoms with van der Waals surface area (Å²) in [6.07, 6.45) is 2.82. The van der Waals surface area contributed by atoms with Crippen LogP contribution in [0.25, 0.3) is 28.0 Å². The molecule has 0 saturated heterocycles. The Hall–Kier alpha value is -3.47. The molecular formula is C20H18N4O. The molecule has 5 heteroatoms. The van der Waals surface area contributed by atoms with Crippen molar-refractivity contribution in [3.8, 4) is 22.4 Å². The normalized spacial score (nSPS) is 11.3. The van der Waals surface area contributed by atoms with E-state index in [2.05, 4.69) is 9.97 Å². The van der Waals surface area contributed by atoms with E-state index in [4.69, 9.17) is 11.5 Å². The van der Waals surface area contributed by atoms with Gasteiger partial charge in [-0.15, -0.1) is 0 Å². The molecule has 0 unspecified atom stereocenters. The number of aromatic nitrogens is 2. The van der Waals surface area contributed by atoms with Crippen LogP contribution in [0, 0.1) is 6.92 Å². The molecule has 2 heterocycles. The van der Waals surface area contributed by atoms with Crippen molar-refractivity contribution in [2.75, 3.05) is 0 Å². The number of pyridine rings is 2.